The quantitative estimate of drug-likeness (QED) is 0.366. The van der Waals surface area contributed by atoms with Crippen molar-refractivity contribution in [3.05, 3.63) is 35.9 Å². The van der Waals surface area contributed by atoms with Gasteiger partial charge in [0.2, 0.25) is 0 Å². The van der Waals surface area contributed by atoms with E-state index in [0.29, 0.717) is 5.71 Å². The van der Waals surface area contributed by atoms with Crippen LogP contribution in [0.15, 0.2) is 35.5 Å². The third-order valence-electron chi connectivity index (χ3n) is 1.34. The highest BCUT2D eigenvalue weighted by molar-refractivity contribution is 5.98. The maximum absolute atomic E-state index is 8.38. The Bertz CT molecular complexity index is 231. The Hall–Kier alpha value is -1.35. The molecule has 0 heterocycles. The van der Waals surface area contributed by atoms with E-state index in [1.807, 2.05) is 30.3 Å². The Labute approximate surface area is 65.3 Å². The van der Waals surface area contributed by atoms with Crippen LogP contribution in [0.2, 0.25) is 0 Å². The molecule has 0 aliphatic rings. The summed E-state index contributed by atoms with van der Waals surface area (Å²) in [6.45, 7) is 1.76. The van der Waals surface area contributed by atoms with Crippen LogP contribution < -0.4 is 0 Å². The van der Waals surface area contributed by atoms with Crippen molar-refractivity contribution in [1.82, 2.24) is 0 Å². The lowest BCUT2D eigenvalue weighted by molar-refractivity contribution is 0.319. The first kappa shape index (κ1) is 9.65. The van der Waals surface area contributed by atoms with E-state index in [0.717, 1.165) is 5.56 Å². The average Bonchev–Trinajstić information content (AvgIpc) is 2.05. The second-order valence-electron chi connectivity index (χ2n) is 2.05. The van der Waals surface area contributed by atoms with Gasteiger partial charge in [0.05, 0.1) is 5.71 Å². The Balaban J connectivity index is 0.000001000. The normalized spacial score (nSPS) is 10.5. The minimum Gasteiger partial charge on any atom is -0.412 e. The van der Waals surface area contributed by atoms with E-state index in [4.69, 9.17) is 5.21 Å². The molecule has 0 saturated carbocycles. The smallest absolute Gasteiger partial charge is 0.0836 e. The Morgan fingerprint density at radius 2 is 1.82 bits per heavy atom. The third-order valence-corrected chi connectivity index (χ3v) is 1.34. The first-order valence-electron chi connectivity index (χ1n) is 3.08. The van der Waals surface area contributed by atoms with Crippen molar-refractivity contribution in [2.75, 3.05) is 0 Å². The van der Waals surface area contributed by atoms with Crippen molar-refractivity contribution in [3.63, 3.8) is 0 Å². The number of oxime groups is 1. The van der Waals surface area contributed by atoms with E-state index in [2.05, 4.69) is 5.16 Å². The summed E-state index contributed by atoms with van der Waals surface area (Å²) in [5, 5.41) is 11.5. The molecule has 11 heavy (non-hydrogen) atoms. The van der Waals surface area contributed by atoms with E-state index in [1.54, 1.807) is 6.92 Å². The number of rotatable bonds is 1. The first-order chi connectivity index (χ1) is 4.84. The molecule has 0 bridgehead atoms. The summed E-state index contributed by atoms with van der Waals surface area (Å²) in [5.74, 6) is 0. The van der Waals surface area contributed by atoms with Crippen LogP contribution in [0.4, 0.5) is 0 Å². The van der Waals surface area contributed by atoms with Crippen LogP contribution >= 0.6 is 0 Å². The van der Waals surface area contributed by atoms with E-state index < -0.39 is 0 Å². The highest BCUT2D eigenvalue weighted by atomic mass is 16.4. The summed E-state index contributed by atoms with van der Waals surface area (Å²) in [7, 11) is 0. The van der Waals surface area contributed by atoms with E-state index in [1.165, 1.54) is 0 Å². The van der Waals surface area contributed by atoms with Crippen LogP contribution in [0.1, 0.15) is 12.5 Å². The second kappa shape index (κ2) is 4.46. The molecule has 1 aromatic carbocycles. The predicted molar refractivity (Wildman–Crippen MR) is 44.1 cm³/mol. The standard InChI is InChI=1S/C8H9NO.H2O/c1-7(9-10)8-5-3-2-4-6-8;/h2-6,10H,1H3;1H2. The third kappa shape index (κ3) is 2.39. The van der Waals surface area contributed by atoms with Gasteiger partial charge in [0.25, 0.3) is 0 Å². The van der Waals surface area contributed by atoms with Gasteiger partial charge in [0.15, 0.2) is 0 Å². The van der Waals surface area contributed by atoms with Crippen LogP contribution in [0.25, 0.3) is 0 Å². The monoisotopic (exact) mass is 153 g/mol. The summed E-state index contributed by atoms with van der Waals surface area (Å²) < 4.78 is 0. The van der Waals surface area contributed by atoms with Crippen molar-refractivity contribution in [1.29, 1.82) is 0 Å². The average molecular weight is 153 g/mol. The summed E-state index contributed by atoms with van der Waals surface area (Å²) in [4.78, 5) is 0. The summed E-state index contributed by atoms with van der Waals surface area (Å²) in [6, 6.07) is 9.53. The maximum atomic E-state index is 8.38. The first-order valence-corrected chi connectivity index (χ1v) is 3.08. The summed E-state index contributed by atoms with van der Waals surface area (Å²) in [6.07, 6.45) is 0. The molecule has 0 saturated heterocycles. The van der Waals surface area contributed by atoms with Gasteiger partial charge in [-0.3, -0.25) is 0 Å². The molecule has 0 amide bonds. The van der Waals surface area contributed by atoms with Gasteiger partial charge in [-0.1, -0.05) is 35.5 Å². The Morgan fingerprint density at radius 3 is 2.27 bits per heavy atom. The minimum absolute atomic E-state index is 0. The van der Waals surface area contributed by atoms with E-state index in [-0.39, 0.29) is 5.48 Å². The molecule has 0 atom stereocenters. The zero-order valence-electron chi connectivity index (χ0n) is 6.28. The van der Waals surface area contributed by atoms with E-state index in [9.17, 15) is 0 Å². The van der Waals surface area contributed by atoms with Crippen LogP contribution in [0.5, 0.6) is 0 Å². The van der Waals surface area contributed by atoms with Crippen LogP contribution in [-0.2, 0) is 0 Å². The molecule has 0 aliphatic heterocycles. The largest absolute Gasteiger partial charge is 0.412 e. The van der Waals surface area contributed by atoms with Gasteiger partial charge >= 0.3 is 0 Å². The molecule has 0 aromatic heterocycles. The zero-order valence-corrected chi connectivity index (χ0v) is 6.28. The van der Waals surface area contributed by atoms with Crippen LogP contribution in [0, 0.1) is 0 Å². The molecule has 1 aromatic rings. The number of hydrogen-bond acceptors (Lipinski definition) is 2. The van der Waals surface area contributed by atoms with Crippen LogP contribution in [-0.4, -0.2) is 16.4 Å². The second-order valence-corrected chi connectivity index (χ2v) is 2.05. The fourth-order valence-electron chi connectivity index (χ4n) is 0.737. The summed E-state index contributed by atoms with van der Waals surface area (Å²) in [5.41, 5.74) is 1.59. The molecule has 0 fully saturated rings. The minimum atomic E-state index is 0. The van der Waals surface area contributed by atoms with Gasteiger partial charge in [0, 0.05) is 0 Å². The van der Waals surface area contributed by atoms with Gasteiger partial charge < -0.3 is 10.7 Å². The fourth-order valence-corrected chi connectivity index (χ4v) is 0.737. The molecule has 1 rings (SSSR count). The fraction of sp³-hybridized carbons (Fsp3) is 0.125. The number of hydrogen-bond donors (Lipinski definition) is 1. The molecule has 0 spiro atoms. The molecule has 0 aliphatic carbocycles. The lowest BCUT2D eigenvalue weighted by Crippen LogP contribution is -1.92. The molecule has 0 unspecified atom stereocenters. The van der Waals surface area contributed by atoms with Gasteiger partial charge in [-0.25, -0.2) is 0 Å². The van der Waals surface area contributed by atoms with Gasteiger partial charge in [-0.05, 0) is 12.5 Å². The lowest BCUT2D eigenvalue weighted by atomic mass is 10.1. The SMILES string of the molecule is CC(=NO)c1ccccc1.O. The van der Waals surface area contributed by atoms with E-state index >= 15 is 0 Å². The Morgan fingerprint density at radius 1 is 1.27 bits per heavy atom. The topological polar surface area (TPSA) is 64.1 Å². The molecular weight excluding hydrogens is 142 g/mol. The maximum Gasteiger partial charge on any atom is 0.0836 e. The van der Waals surface area contributed by atoms with Crippen LogP contribution in [0.3, 0.4) is 0 Å². The van der Waals surface area contributed by atoms with Crippen molar-refractivity contribution in [3.8, 4) is 0 Å². The highest BCUT2D eigenvalue weighted by Gasteiger charge is 1.92. The van der Waals surface area contributed by atoms with Crippen molar-refractivity contribution < 1.29 is 10.7 Å². The van der Waals surface area contributed by atoms with Crippen molar-refractivity contribution in [2.24, 2.45) is 5.16 Å². The number of benzene rings is 1. The van der Waals surface area contributed by atoms with Crippen molar-refractivity contribution in [2.45, 2.75) is 6.92 Å². The molecule has 0 radical (unpaired) electrons. The molecule has 3 heteroatoms. The predicted octanol–water partition coefficient (Wildman–Crippen LogP) is 1.06. The van der Waals surface area contributed by atoms with Gasteiger partial charge in [-0.2, -0.15) is 0 Å². The van der Waals surface area contributed by atoms with Gasteiger partial charge in [0.1, 0.15) is 0 Å². The highest BCUT2D eigenvalue weighted by Crippen LogP contribution is 1.99. The summed E-state index contributed by atoms with van der Waals surface area (Å²) >= 11 is 0. The number of nitrogens with zero attached hydrogens (tertiary/aromatic N) is 1. The Kier molecular flexibility index (Phi) is 3.92. The molecular formula is C8H11NO2. The zero-order chi connectivity index (χ0) is 7.40. The molecule has 3 N–H and O–H groups in total. The van der Waals surface area contributed by atoms with Gasteiger partial charge in [-0.15, -0.1) is 0 Å². The lowest BCUT2D eigenvalue weighted by Gasteiger charge is -1.94. The molecule has 60 valence electrons. The molecule has 3 nitrogen and oxygen atoms in total. The van der Waals surface area contributed by atoms with Crippen molar-refractivity contribution >= 4 is 5.71 Å².